The Morgan fingerprint density at radius 2 is 1.95 bits per heavy atom. The molecule has 1 N–H and O–H groups in total. The van der Waals surface area contributed by atoms with Gasteiger partial charge < -0.3 is 9.84 Å². The van der Waals surface area contributed by atoms with Crippen LogP contribution in [0.15, 0.2) is 30.5 Å². The van der Waals surface area contributed by atoms with Gasteiger partial charge in [-0.2, -0.15) is 0 Å². The number of methoxy groups -OCH3 is 1. The zero-order valence-electron chi connectivity index (χ0n) is 13.0. The van der Waals surface area contributed by atoms with E-state index in [9.17, 15) is 0 Å². The molecular weight excluding hydrogens is 280 g/mol. The largest absolute Gasteiger partial charge is 0.392 e. The SMILES string of the molecule is CO[C@@H]1CN(Cc2ccc(CO)cc2)C[C@H]1c1cn(C)nn1. The Morgan fingerprint density at radius 3 is 2.55 bits per heavy atom. The Balaban J connectivity index is 1.68. The second-order valence-electron chi connectivity index (χ2n) is 5.87. The minimum atomic E-state index is 0.0878. The fraction of sp³-hybridized carbons (Fsp3) is 0.500. The van der Waals surface area contributed by atoms with Crippen LogP contribution < -0.4 is 0 Å². The molecule has 22 heavy (non-hydrogen) atoms. The minimum absolute atomic E-state index is 0.0878. The lowest BCUT2D eigenvalue weighted by Crippen LogP contribution is -2.22. The molecule has 0 spiro atoms. The van der Waals surface area contributed by atoms with E-state index in [2.05, 4.69) is 27.3 Å². The molecule has 1 saturated heterocycles. The zero-order valence-corrected chi connectivity index (χ0v) is 13.0. The van der Waals surface area contributed by atoms with E-state index in [1.165, 1.54) is 5.56 Å². The van der Waals surface area contributed by atoms with Crippen LogP contribution in [0.3, 0.4) is 0 Å². The van der Waals surface area contributed by atoms with E-state index in [1.807, 2.05) is 25.4 Å². The summed E-state index contributed by atoms with van der Waals surface area (Å²) in [5.41, 5.74) is 3.18. The van der Waals surface area contributed by atoms with Crippen molar-refractivity contribution in [3.63, 3.8) is 0 Å². The van der Waals surface area contributed by atoms with Crippen LogP contribution in [0.25, 0.3) is 0 Å². The molecule has 0 saturated carbocycles. The lowest BCUT2D eigenvalue weighted by molar-refractivity contribution is 0.0957. The van der Waals surface area contributed by atoms with Gasteiger partial charge in [0.25, 0.3) is 0 Å². The first-order valence-corrected chi connectivity index (χ1v) is 7.49. The number of hydrogen-bond acceptors (Lipinski definition) is 5. The molecule has 118 valence electrons. The first-order valence-electron chi connectivity index (χ1n) is 7.49. The van der Waals surface area contributed by atoms with Gasteiger partial charge >= 0.3 is 0 Å². The van der Waals surface area contributed by atoms with E-state index in [1.54, 1.807) is 11.8 Å². The number of nitrogens with zero attached hydrogens (tertiary/aromatic N) is 4. The van der Waals surface area contributed by atoms with Gasteiger partial charge in [0.15, 0.2) is 0 Å². The standard InChI is InChI=1S/C16H22N4O2/c1-19-9-15(17-18-19)14-8-20(10-16(14)22-2)7-12-3-5-13(11-21)6-4-12/h3-6,9,14,16,21H,7-8,10-11H2,1-2H3/t14-,16+/m0/s1. The number of likely N-dealkylation sites (tertiary alicyclic amines) is 1. The molecule has 2 atom stereocenters. The van der Waals surface area contributed by atoms with Crippen LogP contribution in [0.2, 0.25) is 0 Å². The summed E-state index contributed by atoms with van der Waals surface area (Å²) in [4.78, 5) is 2.38. The number of aryl methyl sites for hydroxylation is 1. The van der Waals surface area contributed by atoms with Gasteiger partial charge in [-0.1, -0.05) is 29.5 Å². The minimum Gasteiger partial charge on any atom is -0.392 e. The predicted molar refractivity (Wildman–Crippen MR) is 82.2 cm³/mol. The van der Waals surface area contributed by atoms with E-state index in [0.717, 1.165) is 30.9 Å². The number of aliphatic hydroxyl groups is 1. The van der Waals surface area contributed by atoms with Gasteiger partial charge in [-0.3, -0.25) is 9.58 Å². The molecule has 1 aromatic heterocycles. The Hall–Kier alpha value is -1.76. The molecule has 1 fully saturated rings. The summed E-state index contributed by atoms with van der Waals surface area (Å²) >= 11 is 0. The maximum Gasteiger partial charge on any atom is 0.0897 e. The van der Waals surface area contributed by atoms with Gasteiger partial charge in [0.1, 0.15) is 0 Å². The number of aliphatic hydroxyl groups excluding tert-OH is 1. The number of aromatic nitrogens is 3. The summed E-state index contributed by atoms with van der Waals surface area (Å²) in [7, 11) is 3.64. The fourth-order valence-electron chi connectivity index (χ4n) is 3.05. The molecule has 0 amide bonds. The zero-order chi connectivity index (χ0) is 15.5. The van der Waals surface area contributed by atoms with Crippen molar-refractivity contribution < 1.29 is 9.84 Å². The summed E-state index contributed by atoms with van der Waals surface area (Å²) < 4.78 is 7.37. The van der Waals surface area contributed by atoms with Gasteiger partial charge in [-0.15, -0.1) is 5.10 Å². The van der Waals surface area contributed by atoms with Crippen molar-refractivity contribution in [1.29, 1.82) is 0 Å². The molecule has 6 nitrogen and oxygen atoms in total. The molecule has 6 heteroatoms. The molecule has 2 heterocycles. The van der Waals surface area contributed by atoms with Crippen LogP contribution in [0.5, 0.6) is 0 Å². The second kappa shape index (κ2) is 6.56. The van der Waals surface area contributed by atoms with Gasteiger partial charge in [0.05, 0.1) is 18.4 Å². The van der Waals surface area contributed by atoms with E-state index in [4.69, 9.17) is 9.84 Å². The number of hydrogen-bond donors (Lipinski definition) is 1. The lowest BCUT2D eigenvalue weighted by atomic mass is 10.0. The van der Waals surface area contributed by atoms with Crippen molar-refractivity contribution in [2.24, 2.45) is 7.05 Å². The average Bonchev–Trinajstić information content (AvgIpc) is 3.14. The van der Waals surface area contributed by atoms with Gasteiger partial charge in [-0.05, 0) is 11.1 Å². The molecule has 2 aromatic rings. The Morgan fingerprint density at radius 1 is 1.23 bits per heavy atom. The molecule has 0 unspecified atom stereocenters. The molecule has 1 aliphatic heterocycles. The van der Waals surface area contributed by atoms with Gasteiger partial charge in [0.2, 0.25) is 0 Å². The summed E-state index contributed by atoms with van der Waals surface area (Å²) in [6.45, 7) is 2.77. The van der Waals surface area contributed by atoms with Crippen molar-refractivity contribution in [3.8, 4) is 0 Å². The molecule has 3 rings (SSSR count). The summed E-state index contributed by atoms with van der Waals surface area (Å²) in [5, 5.41) is 17.4. The van der Waals surface area contributed by atoms with E-state index >= 15 is 0 Å². The second-order valence-corrected chi connectivity index (χ2v) is 5.87. The van der Waals surface area contributed by atoms with Crippen molar-refractivity contribution in [1.82, 2.24) is 19.9 Å². The highest BCUT2D eigenvalue weighted by molar-refractivity contribution is 5.22. The van der Waals surface area contributed by atoms with Crippen LogP contribution in [0.1, 0.15) is 22.7 Å². The Kier molecular flexibility index (Phi) is 4.52. The average molecular weight is 302 g/mol. The first kappa shape index (κ1) is 15.1. The summed E-state index contributed by atoms with van der Waals surface area (Å²) in [6, 6.07) is 8.09. The fourth-order valence-corrected chi connectivity index (χ4v) is 3.05. The van der Waals surface area contributed by atoms with Crippen LogP contribution >= 0.6 is 0 Å². The monoisotopic (exact) mass is 302 g/mol. The van der Waals surface area contributed by atoms with Gasteiger partial charge in [0, 0.05) is 45.9 Å². The van der Waals surface area contributed by atoms with E-state index in [0.29, 0.717) is 0 Å². The van der Waals surface area contributed by atoms with Crippen molar-refractivity contribution in [2.75, 3.05) is 20.2 Å². The normalized spacial score (nSPS) is 22.3. The third kappa shape index (κ3) is 3.19. The number of ether oxygens (including phenoxy) is 1. The molecule has 1 aromatic carbocycles. The predicted octanol–water partition coefficient (Wildman–Crippen LogP) is 0.922. The summed E-state index contributed by atoms with van der Waals surface area (Å²) in [5.74, 6) is 0.260. The lowest BCUT2D eigenvalue weighted by Gasteiger charge is -2.15. The van der Waals surface area contributed by atoms with Crippen LogP contribution in [-0.4, -0.2) is 51.3 Å². The maximum absolute atomic E-state index is 9.10. The quantitative estimate of drug-likeness (QED) is 0.890. The van der Waals surface area contributed by atoms with E-state index in [-0.39, 0.29) is 18.6 Å². The van der Waals surface area contributed by atoms with Crippen LogP contribution in [0.4, 0.5) is 0 Å². The first-order chi connectivity index (χ1) is 10.7. The Labute approximate surface area is 130 Å². The highest BCUT2D eigenvalue weighted by Gasteiger charge is 2.35. The van der Waals surface area contributed by atoms with E-state index < -0.39 is 0 Å². The van der Waals surface area contributed by atoms with Crippen LogP contribution in [0, 0.1) is 0 Å². The topological polar surface area (TPSA) is 63.4 Å². The van der Waals surface area contributed by atoms with Crippen molar-refractivity contribution >= 4 is 0 Å². The van der Waals surface area contributed by atoms with Gasteiger partial charge in [-0.25, -0.2) is 0 Å². The number of rotatable bonds is 5. The Bertz CT molecular complexity index is 611. The molecular formula is C16H22N4O2. The maximum atomic E-state index is 9.10. The molecule has 0 bridgehead atoms. The molecule has 0 radical (unpaired) electrons. The third-order valence-corrected chi connectivity index (χ3v) is 4.26. The van der Waals surface area contributed by atoms with Crippen molar-refractivity contribution in [2.45, 2.75) is 25.2 Å². The highest BCUT2D eigenvalue weighted by atomic mass is 16.5. The summed E-state index contributed by atoms with van der Waals surface area (Å²) in [6.07, 6.45) is 2.12. The smallest absolute Gasteiger partial charge is 0.0897 e. The third-order valence-electron chi connectivity index (χ3n) is 4.26. The highest BCUT2D eigenvalue weighted by Crippen LogP contribution is 2.29. The van der Waals surface area contributed by atoms with Crippen LogP contribution in [-0.2, 0) is 24.9 Å². The molecule has 0 aliphatic carbocycles. The molecule has 1 aliphatic rings. The number of benzene rings is 1. The van der Waals surface area contributed by atoms with Crippen molar-refractivity contribution in [3.05, 3.63) is 47.3 Å².